The lowest BCUT2D eigenvalue weighted by atomic mass is 10.2. The van der Waals surface area contributed by atoms with Crippen molar-refractivity contribution in [2.24, 2.45) is 0 Å². The predicted octanol–water partition coefficient (Wildman–Crippen LogP) is 1.43. The standard InChI is InChI=1S/C15H19N5O.ClH/c1-11-10-16-8-9-19(11)15(21)14-12(2)20(18-17-14)13-6-4-3-5-7-13;/h3-7,11,16H,8-10H2,1-2H3;1H/t11-;/m0./s1. The van der Waals surface area contributed by atoms with Gasteiger partial charge in [-0.2, -0.15) is 0 Å². The van der Waals surface area contributed by atoms with Crippen LogP contribution in [-0.4, -0.2) is 51.5 Å². The Bertz CT molecular complexity index is 643. The van der Waals surface area contributed by atoms with Crippen LogP contribution in [0.5, 0.6) is 0 Å². The van der Waals surface area contributed by atoms with E-state index >= 15 is 0 Å². The van der Waals surface area contributed by atoms with Crippen LogP contribution in [0, 0.1) is 6.92 Å². The van der Waals surface area contributed by atoms with Crippen molar-refractivity contribution in [3.8, 4) is 5.69 Å². The van der Waals surface area contributed by atoms with E-state index in [0.29, 0.717) is 12.2 Å². The summed E-state index contributed by atoms with van der Waals surface area (Å²) < 4.78 is 1.71. The summed E-state index contributed by atoms with van der Waals surface area (Å²) in [6.07, 6.45) is 0. The Balaban J connectivity index is 0.00000176. The van der Waals surface area contributed by atoms with E-state index in [1.165, 1.54) is 0 Å². The number of hydrogen-bond donors (Lipinski definition) is 1. The van der Waals surface area contributed by atoms with E-state index in [2.05, 4.69) is 15.6 Å². The number of carbonyl (C=O) groups is 1. The van der Waals surface area contributed by atoms with Crippen molar-refractivity contribution in [1.82, 2.24) is 25.2 Å². The van der Waals surface area contributed by atoms with Gasteiger partial charge in [0.15, 0.2) is 5.69 Å². The van der Waals surface area contributed by atoms with Gasteiger partial charge in [-0.3, -0.25) is 4.79 Å². The molecule has 1 atom stereocenters. The van der Waals surface area contributed by atoms with E-state index < -0.39 is 0 Å². The fourth-order valence-electron chi connectivity index (χ4n) is 2.62. The molecule has 7 heteroatoms. The number of aromatic nitrogens is 3. The van der Waals surface area contributed by atoms with Crippen molar-refractivity contribution in [3.05, 3.63) is 41.7 Å². The average molecular weight is 322 g/mol. The van der Waals surface area contributed by atoms with Crippen LogP contribution in [0.4, 0.5) is 0 Å². The number of nitrogens with zero attached hydrogens (tertiary/aromatic N) is 4. The Morgan fingerprint density at radius 3 is 2.73 bits per heavy atom. The van der Waals surface area contributed by atoms with Gasteiger partial charge in [0.25, 0.3) is 5.91 Å². The van der Waals surface area contributed by atoms with Crippen molar-refractivity contribution in [1.29, 1.82) is 0 Å². The van der Waals surface area contributed by atoms with Crippen LogP contribution in [-0.2, 0) is 0 Å². The molecule has 0 radical (unpaired) electrons. The zero-order valence-electron chi connectivity index (χ0n) is 12.7. The lowest BCUT2D eigenvalue weighted by molar-refractivity contribution is 0.0649. The predicted molar refractivity (Wildman–Crippen MR) is 86.7 cm³/mol. The number of amides is 1. The van der Waals surface area contributed by atoms with Crippen molar-refractivity contribution >= 4 is 18.3 Å². The van der Waals surface area contributed by atoms with Gasteiger partial charge >= 0.3 is 0 Å². The zero-order valence-corrected chi connectivity index (χ0v) is 13.5. The monoisotopic (exact) mass is 321 g/mol. The Hall–Kier alpha value is -1.92. The van der Waals surface area contributed by atoms with Crippen LogP contribution in [0.25, 0.3) is 5.69 Å². The molecule has 2 aromatic rings. The van der Waals surface area contributed by atoms with Crippen molar-refractivity contribution in [2.45, 2.75) is 19.9 Å². The number of piperazine rings is 1. The van der Waals surface area contributed by atoms with E-state index in [0.717, 1.165) is 24.5 Å². The molecule has 1 amide bonds. The van der Waals surface area contributed by atoms with Gasteiger partial charge in [-0.05, 0) is 26.0 Å². The summed E-state index contributed by atoms with van der Waals surface area (Å²) in [6.45, 7) is 6.27. The Morgan fingerprint density at radius 1 is 1.32 bits per heavy atom. The number of carbonyl (C=O) groups excluding carboxylic acids is 1. The van der Waals surface area contributed by atoms with Crippen molar-refractivity contribution < 1.29 is 4.79 Å². The number of benzene rings is 1. The normalized spacial score (nSPS) is 17.9. The van der Waals surface area contributed by atoms with Gasteiger partial charge in [-0.15, -0.1) is 17.5 Å². The molecule has 1 fully saturated rings. The second-order valence-corrected chi connectivity index (χ2v) is 5.32. The highest BCUT2D eigenvalue weighted by molar-refractivity contribution is 5.93. The Morgan fingerprint density at radius 2 is 2.05 bits per heavy atom. The highest BCUT2D eigenvalue weighted by atomic mass is 35.5. The summed E-state index contributed by atoms with van der Waals surface area (Å²) in [6, 6.07) is 9.90. The maximum atomic E-state index is 12.7. The fraction of sp³-hybridized carbons (Fsp3) is 0.400. The maximum absolute atomic E-state index is 12.7. The van der Waals surface area contributed by atoms with Crippen LogP contribution in [0.1, 0.15) is 23.1 Å². The van der Waals surface area contributed by atoms with Gasteiger partial charge in [0.05, 0.1) is 11.4 Å². The number of hydrogen-bond acceptors (Lipinski definition) is 4. The molecule has 1 aliphatic heterocycles. The summed E-state index contributed by atoms with van der Waals surface area (Å²) in [5.41, 5.74) is 2.12. The van der Waals surface area contributed by atoms with Crippen molar-refractivity contribution in [3.63, 3.8) is 0 Å². The van der Waals surface area contributed by atoms with E-state index in [-0.39, 0.29) is 24.4 Å². The maximum Gasteiger partial charge on any atom is 0.276 e. The smallest absolute Gasteiger partial charge is 0.276 e. The molecule has 0 spiro atoms. The average Bonchev–Trinajstić information content (AvgIpc) is 2.90. The third-order valence-electron chi connectivity index (χ3n) is 3.86. The van der Waals surface area contributed by atoms with Gasteiger partial charge in [-0.25, -0.2) is 4.68 Å². The molecule has 0 bridgehead atoms. The first-order chi connectivity index (χ1) is 10.2. The molecule has 0 aliphatic carbocycles. The van der Waals surface area contributed by atoms with Gasteiger partial charge in [0.1, 0.15) is 0 Å². The Kier molecular flexibility index (Phi) is 5.15. The third kappa shape index (κ3) is 2.98. The highest BCUT2D eigenvalue weighted by Gasteiger charge is 2.28. The van der Waals surface area contributed by atoms with Crippen LogP contribution in [0.2, 0.25) is 0 Å². The largest absolute Gasteiger partial charge is 0.332 e. The first-order valence-electron chi connectivity index (χ1n) is 7.18. The molecule has 1 aliphatic rings. The summed E-state index contributed by atoms with van der Waals surface area (Å²) in [5.74, 6) is -0.0383. The third-order valence-corrected chi connectivity index (χ3v) is 3.86. The van der Waals surface area contributed by atoms with Crippen LogP contribution in [0.15, 0.2) is 30.3 Å². The molecule has 2 heterocycles. The minimum absolute atomic E-state index is 0. The highest BCUT2D eigenvalue weighted by Crippen LogP contribution is 2.15. The molecule has 1 N–H and O–H groups in total. The van der Waals surface area contributed by atoms with Gasteiger partial charge in [0, 0.05) is 25.7 Å². The second kappa shape index (κ2) is 6.89. The molecule has 1 aromatic carbocycles. The summed E-state index contributed by atoms with van der Waals surface area (Å²) in [7, 11) is 0. The topological polar surface area (TPSA) is 63.1 Å². The summed E-state index contributed by atoms with van der Waals surface area (Å²) in [4.78, 5) is 14.5. The fourth-order valence-corrected chi connectivity index (χ4v) is 2.62. The van der Waals surface area contributed by atoms with Crippen molar-refractivity contribution in [2.75, 3.05) is 19.6 Å². The number of halogens is 1. The molecule has 118 valence electrons. The molecule has 0 saturated carbocycles. The first kappa shape index (κ1) is 16.5. The number of rotatable bonds is 2. The van der Waals surface area contributed by atoms with E-state index in [1.807, 2.05) is 49.1 Å². The van der Waals surface area contributed by atoms with Crippen LogP contribution >= 0.6 is 12.4 Å². The van der Waals surface area contributed by atoms with Crippen LogP contribution < -0.4 is 5.32 Å². The summed E-state index contributed by atoms with van der Waals surface area (Å²) in [5, 5.41) is 11.5. The quantitative estimate of drug-likeness (QED) is 0.909. The van der Waals surface area contributed by atoms with Gasteiger partial charge in [0.2, 0.25) is 0 Å². The molecular formula is C15H20ClN5O. The number of nitrogens with one attached hydrogen (secondary N) is 1. The van der Waals surface area contributed by atoms with E-state index in [4.69, 9.17) is 0 Å². The van der Waals surface area contributed by atoms with E-state index in [1.54, 1.807) is 4.68 Å². The molecule has 6 nitrogen and oxygen atoms in total. The van der Waals surface area contributed by atoms with E-state index in [9.17, 15) is 4.79 Å². The lowest BCUT2D eigenvalue weighted by Crippen LogP contribution is -2.52. The molecule has 3 rings (SSSR count). The molecular weight excluding hydrogens is 302 g/mol. The molecule has 0 unspecified atom stereocenters. The zero-order chi connectivity index (χ0) is 14.8. The molecule has 1 saturated heterocycles. The lowest BCUT2D eigenvalue weighted by Gasteiger charge is -2.33. The molecule has 1 aromatic heterocycles. The van der Waals surface area contributed by atoms with Gasteiger partial charge in [-0.1, -0.05) is 23.4 Å². The minimum atomic E-state index is -0.0383. The second-order valence-electron chi connectivity index (χ2n) is 5.32. The number of para-hydroxylation sites is 1. The molecule has 22 heavy (non-hydrogen) atoms. The summed E-state index contributed by atoms with van der Waals surface area (Å²) >= 11 is 0. The van der Waals surface area contributed by atoms with Crippen LogP contribution in [0.3, 0.4) is 0 Å². The Labute approximate surface area is 135 Å². The minimum Gasteiger partial charge on any atom is -0.332 e. The SMILES string of the molecule is Cc1c(C(=O)N2CCNC[C@@H]2C)nnn1-c1ccccc1.Cl. The van der Waals surface area contributed by atoms with Gasteiger partial charge < -0.3 is 10.2 Å². The first-order valence-corrected chi connectivity index (χ1v) is 7.18.